The Morgan fingerprint density at radius 2 is 1.24 bits per heavy atom. The fourth-order valence-corrected chi connectivity index (χ4v) is 5.86. The molecule has 0 atom stereocenters. The van der Waals surface area contributed by atoms with Gasteiger partial charge < -0.3 is 16.2 Å². The Kier molecular flexibility index (Phi) is 9.93. The molecule has 0 aromatic heterocycles. The van der Waals surface area contributed by atoms with E-state index < -0.39 is 10.1 Å². The average Bonchev–Trinajstić information content (AvgIpc) is 3.11. The number of benzene rings is 6. The van der Waals surface area contributed by atoms with Crippen LogP contribution in [-0.4, -0.2) is 18.1 Å². The predicted molar refractivity (Wildman–Crippen MR) is 200 cm³/mol. The van der Waals surface area contributed by atoms with Crippen molar-refractivity contribution in [1.29, 1.82) is 0 Å². The van der Waals surface area contributed by atoms with Gasteiger partial charge in [0.25, 0.3) is 10.1 Å². The number of anilines is 2. The Labute approximate surface area is 294 Å². The van der Waals surface area contributed by atoms with Crippen LogP contribution in [0, 0.1) is 20.8 Å². The van der Waals surface area contributed by atoms with Gasteiger partial charge in [0, 0.05) is 23.3 Å². The molecular formula is C38H34N8O4S. The molecule has 0 radical (unpaired) electrons. The zero-order valence-electron chi connectivity index (χ0n) is 28.0. The number of nitrogen functional groups attached to an aromatic ring is 1. The highest BCUT2D eigenvalue weighted by atomic mass is 32.2. The van der Waals surface area contributed by atoms with Crippen molar-refractivity contribution < 1.29 is 18.1 Å². The number of aryl methyl sites for hydroxylation is 3. The van der Waals surface area contributed by atoms with Crippen molar-refractivity contribution in [2.24, 2.45) is 30.7 Å². The summed E-state index contributed by atoms with van der Waals surface area (Å²) in [5, 5.41) is 41.8. The van der Waals surface area contributed by atoms with E-state index in [4.69, 9.17) is 5.73 Å². The van der Waals surface area contributed by atoms with Gasteiger partial charge in [0.05, 0.1) is 22.7 Å². The lowest BCUT2D eigenvalue weighted by molar-refractivity contribution is 0.482. The largest absolute Gasteiger partial charge is 0.505 e. The molecule has 0 aliphatic heterocycles. The lowest BCUT2D eigenvalue weighted by Crippen LogP contribution is -1.99. The smallest absolute Gasteiger partial charge is 0.296 e. The van der Waals surface area contributed by atoms with Crippen molar-refractivity contribution >= 4 is 66.4 Å². The van der Waals surface area contributed by atoms with E-state index in [1.54, 1.807) is 30.3 Å². The van der Waals surface area contributed by atoms with Crippen LogP contribution in [0.15, 0.2) is 145 Å². The SMILES string of the molecule is Cc1cc(N=Nc2ccc3cc(NCc4ccc(N)cc4)ccc3c2O)c(C)cc1N=Nc1ccc(N=Nc2ccccc2S(=O)(=O)O)c(C)c1. The number of aromatic hydroxyl groups is 1. The van der Waals surface area contributed by atoms with Gasteiger partial charge in [-0.15, -0.1) is 10.2 Å². The minimum atomic E-state index is -4.44. The standard InChI is InChI=1S/C38H34N8O4S/c1-23-18-30(14-17-32(23)42-43-33-6-4-5-7-37(33)51(48,49)50)41-45-35-19-25(3)36(20-24(35)2)46-44-34-16-10-27-21-29(13-15-31(27)38(34)47)40-22-26-8-11-28(39)12-9-26/h4-21,40,47H,22,39H2,1-3H3,(H,48,49,50). The number of hydrogen-bond acceptors (Lipinski definition) is 11. The minimum absolute atomic E-state index is 0.0277. The molecule has 0 unspecified atom stereocenters. The lowest BCUT2D eigenvalue weighted by Gasteiger charge is -2.10. The van der Waals surface area contributed by atoms with Crippen LogP contribution in [0.4, 0.5) is 45.5 Å². The van der Waals surface area contributed by atoms with Crippen molar-refractivity contribution in [3.63, 3.8) is 0 Å². The van der Waals surface area contributed by atoms with E-state index in [0.717, 1.165) is 39.0 Å². The van der Waals surface area contributed by atoms with Crippen LogP contribution in [0.2, 0.25) is 0 Å². The molecule has 256 valence electrons. The van der Waals surface area contributed by atoms with E-state index in [9.17, 15) is 18.1 Å². The number of nitrogens with one attached hydrogen (secondary N) is 1. The number of phenolic OH excluding ortho intramolecular Hbond substituents is 1. The molecule has 51 heavy (non-hydrogen) atoms. The topological polar surface area (TPSA) is 187 Å². The summed E-state index contributed by atoms with van der Waals surface area (Å²) >= 11 is 0. The van der Waals surface area contributed by atoms with E-state index in [1.165, 1.54) is 18.2 Å². The van der Waals surface area contributed by atoms with E-state index >= 15 is 0 Å². The van der Waals surface area contributed by atoms with Crippen molar-refractivity contribution in [3.05, 3.63) is 131 Å². The first kappa shape index (κ1) is 34.5. The van der Waals surface area contributed by atoms with Gasteiger partial charge in [0.2, 0.25) is 0 Å². The number of phenols is 1. The third kappa shape index (κ3) is 8.29. The summed E-state index contributed by atoms with van der Waals surface area (Å²) in [5.41, 5.74) is 13.7. The maximum absolute atomic E-state index is 11.6. The van der Waals surface area contributed by atoms with E-state index in [0.29, 0.717) is 40.4 Å². The zero-order valence-corrected chi connectivity index (χ0v) is 28.8. The second-order valence-corrected chi connectivity index (χ2v) is 13.3. The van der Waals surface area contributed by atoms with E-state index in [2.05, 4.69) is 36.0 Å². The number of nitrogens with two attached hydrogens (primary N) is 1. The van der Waals surface area contributed by atoms with Gasteiger partial charge in [-0.25, -0.2) is 0 Å². The Balaban J connectivity index is 1.14. The van der Waals surface area contributed by atoms with Gasteiger partial charge in [-0.2, -0.15) is 28.9 Å². The van der Waals surface area contributed by atoms with Gasteiger partial charge in [0.15, 0.2) is 5.75 Å². The number of rotatable bonds is 10. The van der Waals surface area contributed by atoms with Gasteiger partial charge >= 0.3 is 0 Å². The molecule has 12 nitrogen and oxygen atoms in total. The molecule has 0 amide bonds. The molecule has 0 bridgehead atoms. The van der Waals surface area contributed by atoms with Gasteiger partial charge in [-0.1, -0.05) is 30.3 Å². The highest BCUT2D eigenvalue weighted by Crippen LogP contribution is 2.38. The zero-order chi connectivity index (χ0) is 36.1. The second kappa shape index (κ2) is 14.7. The van der Waals surface area contributed by atoms with Crippen molar-refractivity contribution in [3.8, 4) is 5.75 Å². The highest BCUT2D eigenvalue weighted by Gasteiger charge is 2.15. The molecule has 0 fully saturated rings. The van der Waals surface area contributed by atoms with Crippen LogP contribution < -0.4 is 11.1 Å². The fraction of sp³-hybridized carbons (Fsp3) is 0.105. The van der Waals surface area contributed by atoms with Crippen LogP contribution in [0.5, 0.6) is 5.75 Å². The molecule has 6 aromatic rings. The fourth-order valence-electron chi connectivity index (χ4n) is 5.23. The summed E-state index contributed by atoms with van der Waals surface area (Å²) in [4.78, 5) is -0.323. The van der Waals surface area contributed by atoms with Crippen LogP contribution in [0.25, 0.3) is 10.8 Å². The number of nitrogens with zero attached hydrogens (tertiary/aromatic N) is 6. The lowest BCUT2D eigenvalue weighted by atomic mass is 10.1. The number of fused-ring (bicyclic) bond motifs is 1. The Morgan fingerprint density at radius 1 is 0.627 bits per heavy atom. The van der Waals surface area contributed by atoms with Gasteiger partial charge in [-0.05, 0) is 127 Å². The van der Waals surface area contributed by atoms with Crippen LogP contribution in [-0.2, 0) is 16.7 Å². The van der Waals surface area contributed by atoms with Crippen LogP contribution in [0.3, 0.4) is 0 Å². The summed E-state index contributed by atoms with van der Waals surface area (Å²) in [5.74, 6) is 0.0480. The van der Waals surface area contributed by atoms with E-state index in [-0.39, 0.29) is 16.3 Å². The highest BCUT2D eigenvalue weighted by molar-refractivity contribution is 7.86. The maximum Gasteiger partial charge on any atom is 0.296 e. The van der Waals surface area contributed by atoms with E-state index in [1.807, 2.05) is 81.4 Å². The predicted octanol–water partition coefficient (Wildman–Crippen LogP) is 11.2. The second-order valence-electron chi connectivity index (χ2n) is 11.9. The summed E-state index contributed by atoms with van der Waals surface area (Å²) < 4.78 is 32.7. The summed E-state index contributed by atoms with van der Waals surface area (Å²) in [6.45, 7) is 6.27. The molecule has 13 heteroatoms. The monoisotopic (exact) mass is 698 g/mol. The molecule has 0 aliphatic carbocycles. The van der Waals surface area contributed by atoms with Gasteiger partial charge in [-0.3, -0.25) is 4.55 Å². The first-order chi connectivity index (χ1) is 24.4. The minimum Gasteiger partial charge on any atom is -0.505 e. The average molecular weight is 699 g/mol. The Bertz CT molecular complexity index is 2460. The maximum atomic E-state index is 11.6. The van der Waals surface area contributed by atoms with Crippen LogP contribution in [0.1, 0.15) is 22.3 Å². The molecular weight excluding hydrogens is 665 g/mol. The third-order valence-corrected chi connectivity index (χ3v) is 8.99. The van der Waals surface area contributed by atoms with Crippen molar-refractivity contribution in [2.45, 2.75) is 32.2 Å². The third-order valence-electron chi connectivity index (χ3n) is 8.09. The molecule has 5 N–H and O–H groups in total. The molecule has 0 saturated heterocycles. The number of azo groups is 3. The van der Waals surface area contributed by atoms with Gasteiger partial charge in [0.1, 0.15) is 16.3 Å². The first-order valence-corrected chi connectivity index (χ1v) is 17.3. The number of hydrogen-bond donors (Lipinski definition) is 4. The molecule has 6 aromatic carbocycles. The van der Waals surface area contributed by atoms with Crippen LogP contribution >= 0.6 is 0 Å². The first-order valence-electron chi connectivity index (χ1n) is 15.8. The quantitative estimate of drug-likeness (QED) is 0.0625. The summed E-state index contributed by atoms with van der Waals surface area (Å²) in [7, 11) is -4.44. The van der Waals surface area contributed by atoms with Crippen molar-refractivity contribution in [1.82, 2.24) is 0 Å². The summed E-state index contributed by atoms with van der Waals surface area (Å²) in [6, 6.07) is 31.8. The molecule has 0 aliphatic rings. The molecule has 0 spiro atoms. The van der Waals surface area contributed by atoms with Crippen molar-refractivity contribution in [2.75, 3.05) is 11.1 Å². The Hall–Kier alpha value is -6.31. The Morgan fingerprint density at radius 3 is 1.94 bits per heavy atom. The molecule has 6 rings (SSSR count). The molecule has 0 heterocycles. The molecule has 0 saturated carbocycles. The normalized spacial score (nSPS) is 12.1. The summed E-state index contributed by atoms with van der Waals surface area (Å²) in [6.07, 6.45) is 0.